The maximum absolute atomic E-state index is 12.7. The summed E-state index contributed by atoms with van der Waals surface area (Å²) < 4.78 is 28.1. The second-order valence-electron chi connectivity index (χ2n) is 5.73. The summed E-state index contributed by atoms with van der Waals surface area (Å²) in [6.07, 6.45) is 1.57. The van der Waals surface area contributed by atoms with Crippen LogP contribution in [0.15, 0.2) is 71.1 Å². The van der Waals surface area contributed by atoms with Crippen LogP contribution in [0.3, 0.4) is 0 Å². The molecule has 0 bridgehead atoms. The number of hydrogen-bond acceptors (Lipinski definition) is 6. The Kier molecular flexibility index (Phi) is 4.88. The van der Waals surface area contributed by atoms with Crippen molar-refractivity contribution in [1.82, 2.24) is 9.71 Å². The summed E-state index contributed by atoms with van der Waals surface area (Å²) in [5.74, 6) is -0.0395. The lowest BCUT2D eigenvalue weighted by molar-refractivity contribution is 0.104. The van der Waals surface area contributed by atoms with Crippen LogP contribution in [0.2, 0.25) is 0 Å². The number of hydrogen-bond donors (Lipinski definition) is 1. The Labute approximate surface area is 164 Å². The van der Waals surface area contributed by atoms with Crippen molar-refractivity contribution in [2.75, 3.05) is 0 Å². The van der Waals surface area contributed by atoms with Gasteiger partial charge in [0.1, 0.15) is 4.90 Å². The normalized spacial score (nSPS) is 11.7. The molecule has 0 aliphatic rings. The van der Waals surface area contributed by atoms with Crippen molar-refractivity contribution in [2.24, 2.45) is 0 Å². The van der Waals surface area contributed by atoms with Gasteiger partial charge in [0.05, 0.1) is 15.3 Å². The van der Waals surface area contributed by atoms with Crippen molar-refractivity contribution >= 4 is 49.4 Å². The molecule has 0 amide bonds. The molecule has 0 unspecified atom stereocenters. The van der Waals surface area contributed by atoms with Gasteiger partial charge in [0.2, 0.25) is 15.8 Å². The number of nitrogens with zero attached hydrogens (tertiary/aromatic N) is 1. The van der Waals surface area contributed by atoms with Gasteiger partial charge in [-0.3, -0.25) is 9.78 Å². The van der Waals surface area contributed by atoms with Crippen LogP contribution in [-0.2, 0) is 16.6 Å². The van der Waals surface area contributed by atoms with E-state index in [1.54, 1.807) is 36.5 Å². The maximum atomic E-state index is 12.7. The van der Waals surface area contributed by atoms with Gasteiger partial charge in [-0.1, -0.05) is 24.3 Å². The molecule has 4 rings (SSSR count). The Morgan fingerprint density at radius 2 is 1.85 bits per heavy atom. The third-order valence-electron chi connectivity index (χ3n) is 3.95. The lowest BCUT2D eigenvalue weighted by Crippen LogP contribution is -2.23. The maximum Gasteiger partial charge on any atom is 0.243 e. The van der Waals surface area contributed by atoms with Crippen LogP contribution in [-0.4, -0.2) is 19.2 Å². The van der Waals surface area contributed by atoms with Crippen LogP contribution >= 0.6 is 22.7 Å². The summed E-state index contributed by atoms with van der Waals surface area (Å²) in [7, 11) is -3.73. The van der Waals surface area contributed by atoms with Crippen molar-refractivity contribution in [2.45, 2.75) is 11.4 Å². The van der Waals surface area contributed by atoms with Gasteiger partial charge in [0, 0.05) is 23.0 Å². The number of nitrogens with one attached hydrogen (secondary N) is 1. The number of ketones is 1. The number of carbonyl (C=O) groups is 1. The number of aromatic nitrogens is 1. The fourth-order valence-corrected chi connectivity index (χ4v) is 5.58. The number of rotatable bonds is 6. The predicted octanol–water partition coefficient (Wildman–Crippen LogP) is 4.07. The van der Waals surface area contributed by atoms with E-state index in [4.69, 9.17) is 0 Å². The summed E-state index contributed by atoms with van der Waals surface area (Å²) in [6.45, 7) is 0.119. The number of para-hydroxylation sites is 1. The number of thiophene rings is 2. The van der Waals surface area contributed by atoms with Gasteiger partial charge in [0.25, 0.3) is 0 Å². The van der Waals surface area contributed by atoms with Crippen LogP contribution in [0, 0.1) is 0 Å². The van der Waals surface area contributed by atoms with Gasteiger partial charge in [-0.25, -0.2) is 13.1 Å². The zero-order valence-corrected chi connectivity index (χ0v) is 16.4. The highest BCUT2D eigenvalue weighted by molar-refractivity contribution is 7.89. The zero-order chi connectivity index (χ0) is 18.9. The highest BCUT2D eigenvalue weighted by Gasteiger charge is 2.19. The molecule has 0 aliphatic heterocycles. The highest BCUT2D eigenvalue weighted by Crippen LogP contribution is 2.24. The van der Waals surface area contributed by atoms with Gasteiger partial charge >= 0.3 is 0 Å². The smallest absolute Gasteiger partial charge is 0.243 e. The van der Waals surface area contributed by atoms with E-state index in [0.29, 0.717) is 15.3 Å². The fraction of sp³-hybridized carbons (Fsp3) is 0.0526. The molecule has 0 atom stereocenters. The van der Waals surface area contributed by atoms with E-state index in [9.17, 15) is 13.2 Å². The second-order valence-corrected chi connectivity index (χ2v) is 9.58. The van der Waals surface area contributed by atoms with E-state index >= 15 is 0 Å². The number of carbonyl (C=O) groups excluding carboxylic acids is 1. The molecule has 27 heavy (non-hydrogen) atoms. The first-order chi connectivity index (χ1) is 13.0. The first kappa shape index (κ1) is 18.0. The molecule has 0 spiro atoms. The number of benzene rings is 1. The van der Waals surface area contributed by atoms with Crippen molar-refractivity contribution < 1.29 is 13.2 Å². The molecule has 3 aromatic heterocycles. The predicted molar refractivity (Wildman–Crippen MR) is 108 cm³/mol. The molecular weight excluding hydrogens is 400 g/mol. The van der Waals surface area contributed by atoms with E-state index in [0.717, 1.165) is 10.3 Å². The molecule has 0 saturated heterocycles. The molecule has 1 N–H and O–H groups in total. The first-order valence-electron chi connectivity index (χ1n) is 8.05. The molecule has 136 valence electrons. The molecule has 8 heteroatoms. The molecule has 0 aliphatic carbocycles. The molecule has 1 aromatic carbocycles. The van der Waals surface area contributed by atoms with Gasteiger partial charge < -0.3 is 0 Å². The Bertz CT molecular complexity index is 1210. The minimum Gasteiger partial charge on any atom is -0.287 e. The second kappa shape index (κ2) is 7.32. The SMILES string of the molecule is O=C(c1cccs1)c1ccc(CNS(=O)(=O)c2cccc3cccnc23)s1. The lowest BCUT2D eigenvalue weighted by Gasteiger charge is -2.08. The third kappa shape index (κ3) is 3.70. The summed E-state index contributed by atoms with van der Waals surface area (Å²) in [4.78, 5) is 18.7. The van der Waals surface area contributed by atoms with E-state index in [1.807, 2.05) is 23.6 Å². The molecule has 0 fully saturated rings. The van der Waals surface area contributed by atoms with Gasteiger partial charge in [-0.05, 0) is 35.7 Å². The van der Waals surface area contributed by atoms with Crippen molar-refractivity contribution in [1.29, 1.82) is 0 Å². The monoisotopic (exact) mass is 414 g/mol. The van der Waals surface area contributed by atoms with Gasteiger partial charge in [-0.15, -0.1) is 22.7 Å². The average Bonchev–Trinajstić information content (AvgIpc) is 3.37. The molecular formula is C19H14N2O3S3. The van der Waals surface area contributed by atoms with Crippen molar-refractivity contribution in [3.63, 3.8) is 0 Å². The zero-order valence-electron chi connectivity index (χ0n) is 14.0. The number of pyridine rings is 1. The summed E-state index contributed by atoms with van der Waals surface area (Å²) in [5, 5.41) is 2.62. The quantitative estimate of drug-likeness (QED) is 0.483. The van der Waals surface area contributed by atoms with Gasteiger partial charge in [0.15, 0.2) is 0 Å². The van der Waals surface area contributed by atoms with E-state index < -0.39 is 10.0 Å². The van der Waals surface area contributed by atoms with Crippen LogP contribution in [0.4, 0.5) is 0 Å². The van der Waals surface area contributed by atoms with Crippen LogP contribution in [0.5, 0.6) is 0 Å². The van der Waals surface area contributed by atoms with E-state index in [1.165, 1.54) is 28.7 Å². The number of fused-ring (bicyclic) bond motifs is 1. The van der Waals surface area contributed by atoms with Crippen molar-refractivity contribution in [3.8, 4) is 0 Å². The van der Waals surface area contributed by atoms with Crippen LogP contribution < -0.4 is 4.72 Å². The third-order valence-corrected chi connectivity index (χ3v) is 7.34. The Hall–Kier alpha value is -2.39. The topological polar surface area (TPSA) is 76.1 Å². The summed E-state index contributed by atoms with van der Waals surface area (Å²) in [5.41, 5.74) is 0.437. The number of sulfonamides is 1. The Morgan fingerprint density at radius 1 is 1.00 bits per heavy atom. The lowest BCUT2D eigenvalue weighted by atomic mass is 10.2. The molecule has 0 saturated carbocycles. The first-order valence-corrected chi connectivity index (χ1v) is 11.2. The van der Waals surface area contributed by atoms with E-state index in [-0.39, 0.29) is 17.2 Å². The minimum atomic E-state index is -3.73. The van der Waals surface area contributed by atoms with Crippen molar-refractivity contribution in [3.05, 3.63) is 80.8 Å². The summed E-state index contributed by atoms with van der Waals surface area (Å²) >= 11 is 2.68. The minimum absolute atomic E-state index is 0.0395. The highest BCUT2D eigenvalue weighted by atomic mass is 32.2. The molecule has 0 radical (unpaired) electrons. The van der Waals surface area contributed by atoms with Crippen LogP contribution in [0.1, 0.15) is 19.4 Å². The molecule has 4 aromatic rings. The average molecular weight is 415 g/mol. The Morgan fingerprint density at radius 3 is 2.67 bits per heavy atom. The summed E-state index contributed by atoms with van der Waals surface area (Å²) in [6, 6.07) is 15.8. The standard InChI is InChI=1S/C19H14N2O3S3/c22-19(15-6-3-11-25-15)16-9-8-14(26-16)12-21-27(23,24)17-7-1-4-13-5-2-10-20-18(13)17/h1-11,21H,12H2. The largest absolute Gasteiger partial charge is 0.287 e. The van der Waals surface area contributed by atoms with Crippen LogP contribution in [0.25, 0.3) is 10.9 Å². The molecule has 5 nitrogen and oxygen atoms in total. The van der Waals surface area contributed by atoms with E-state index in [2.05, 4.69) is 9.71 Å². The molecule has 3 heterocycles. The fourth-order valence-electron chi connectivity index (χ4n) is 2.66. The van der Waals surface area contributed by atoms with Gasteiger partial charge in [-0.2, -0.15) is 0 Å². The Balaban J connectivity index is 1.54.